The van der Waals surface area contributed by atoms with Crippen molar-refractivity contribution in [3.8, 4) is 5.75 Å². The number of ether oxygens (including phenoxy) is 1. The number of benzene rings is 2. The lowest BCUT2D eigenvalue weighted by atomic mass is 9.95. The topological polar surface area (TPSA) is 54.1 Å². The molecule has 0 atom stereocenters. The number of nitrogens with one attached hydrogen (secondary N) is 2. The molecule has 1 fully saturated rings. The maximum atomic E-state index is 12.4. The first kappa shape index (κ1) is 16.7. The largest absolute Gasteiger partial charge is 0.497 e. The van der Waals surface area contributed by atoms with Crippen molar-refractivity contribution in [1.82, 2.24) is 10.3 Å². The molecule has 1 saturated carbocycles. The molecule has 1 amide bonds. The van der Waals surface area contributed by atoms with Crippen LogP contribution in [-0.4, -0.2) is 24.5 Å². The van der Waals surface area contributed by atoms with Crippen molar-refractivity contribution in [1.29, 1.82) is 0 Å². The first-order valence-electron chi connectivity index (χ1n) is 9.07. The SMILES string of the molecule is COc1ccc2[nH]cc(C3(CNC(=O)Cc4cccc(C)c4)CC3)c2c1. The van der Waals surface area contributed by atoms with Gasteiger partial charge in [0.2, 0.25) is 5.91 Å². The molecular formula is C22H24N2O2. The number of carbonyl (C=O) groups is 1. The lowest BCUT2D eigenvalue weighted by Gasteiger charge is -2.16. The Bertz CT molecular complexity index is 954. The van der Waals surface area contributed by atoms with Crippen LogP contribution in [0.3, 0.4) is 0 Å². The van der Waals surface area contributed by atoms with E-state index >= 15 is 0 Å². The number of hydrogen-bond donors (Lipinski definition) is 2. The van der Waals surface area contributed by atoms with E-state index in [-0.39, 0.29) is 11.3 Å². The number of aromatic amines is 1. The van der Waals surface area contributed by atoms with Gasteiger partial charge in [0.15, 0.2) is 0 Å². The number of methoxy groups -OCH3 is 1. The smallest absolute Gasteiger partial charge is 0.224 e. The van der Waals surface area contributed by atoms with Gasteiger partial charge in [0.05, 0.1) is 13.5 Å². The number of carbonyl (C=O) groups excluding carboxylic acids is 1. The van der Waals surface area contributed by atoms with Gasteiger partial charge in [-0.25, -0.2) is 0 Å². The minimum Gasteiger partial charge on any atom is -0.497 e. The highest BCUT2D eigenvalue weighted by atomic mass is 16.5. The standard InChI is InChI=1S/C22H24N2O2/c1-15-4-3-5-16(10-15)11-21(25)24-14-22(8-9-22)19-13-23-20-7-6-17(26-2)12-18(19)20/h3-7,10,12-13,23H,8-9,11,14H2,1-2H3,(H,24,25). The molecule has 26 heavy (non-hydrogen) atoms. The van der Waals surface area contributed by atoms with Gasteiger partial charge < -0.3 is 15.0 Å². The van der Waals surface area contributed by atoms with Crippen LogP contribution in [0.2, 0.25) is 0 Å². The zero-order chi connectivity index (χ0) is 18.1. The van der Waals surface area contributed by atoms with E-state index in [2.05, 4.69) is 28.6 Å². The molecule has 2 N–H and O–H groups in total. The fourth-order valence-electron chi connectivity index (χ4n) is 3.70. The van der Waals surface area contributed by atoms with Crippen LogP contribution in [0.4, 0.5) is 0 Å². The molecule has 0 spiro atoms. The molecule has 134 valence electrons. The molecule has 0 bridgehead atoms. The molecule has 0 saturated heterocycles. The number of aromatic nitrogens is 1. The molecule has 4 nitrogen and oxygen atoms in total. The average molecular weight is 348 g/mol. The second-order valence-corrected chi connectivity index (χ2v) is 7.34. The molecule has 2 aromatic carbocycles. The number of amides is 1. The highest BCUT2D eigenvalue weighted by Gasteiger charge is 2.45. The third kappa shape index (κ3) is 3.19. The number of rotatable bonds is 6. The Morgan fingerprint density at radius 2 is 2.08 bits per heavy atom. The van der Waals surface area contributed by atoms with Crippen LogP contribution in [0.15, 0.2) is 48.7 Å². The van der Waals surface area contributed by atoms with Gasteiger partial charge in [-0.2, -0.15) is 0 Å². The highest BCUT2D eigenvalue weighted by molar-refractivity contribution is 5.86. The third-order valence-electron chi connectivity index (χ3n) is 5.38. The minimum atomic E-state index is 0.0485. The van der Waals surface area contributed by atoms with Crippen molar-refractivity contribution in [2.45, 2.75) is 31.6 Å². The summed E-state index contributed by atoms with van der Waals surface area (Å²) in [6, 6.07) is 14.2. The first-order chi connectivity index (χ1) is 12.6. The predicted molar refractivity (Wildman–Crippen MR) is 104 cm³/mol. The fraction of sp³-hybridized carbons (Fsp3) is 0.318. The third-order valence-corrected chi connectivity index (χ3v) is 5.38. The summed E-state index contributed by atoms with van der Waals surface area (Å²) in [6.45, 7) is 2.73. The van der Waals surface area contributed by atoms with Gasteiger partial charge in [0.25, 0.3) is 0 Å². The van der Waals surface area contributed by atoms with Gasteiger partial charge in [-0.1, -0.05) is 29.8 Å². The summed E-state index contributed by atoms with van der Waals surface area (Å²) in [5.74, 6) is 0.942. The van der Waals surface area contributed by atoms with Crippen molar-refractivity contribution in [2.75, 3.05) is 13.7 Å². The van der Waals surface area contributed by atoms with Crippen molar-refractivity contribution >= 4 is 16.8 Å². The van der Waals surface area contributed by atoms with Gasteiger partial charge in [-0.3, -0.25) is 4.79 Å². The summed E-state index contributed by atoms with van der Waals surface area (Å²) < 4.78 is 5.37. The molecule has 4 heteroatoms. The maximum Gasteiger partial charge on any atom is 0.224 e. The quantitative estimate of drug-likeness (QED) is 0.710. The molecule has 1 aromatic heterocycles. The van der Waals surface area contributed by atoms with E-state index in [0.29, 0.717) is 13.0 Å². The van der Waals surface area contributed by atoms with E-state index in [1.54, 1.807) is 7.11 Å². The maximum absolute atomic E-state index is 12.4. The lowest BCUT2D eigenvalue weighted by molar-refractivity contribution is -0.120. The second-order valence-electron chi connectivity index (χ2n) is 7.34. The van der Waals surface area contributed by atoms with Crippen LogP contribution in [0, 0.1) is 6.92 Å². The molecule has 1 aliphatic rings. The van der Waals surface area contributed by atoms with E-state index in [1.165, 1.54) is 16.5 Å². The van der Waals surface area contributed by atoms with E-state index in [1.807, 2.05) is 37.3 Å². The van der Waals surface area contributed by atoms with Crippen molar-refractivity contribution in [2.24, 2.45) is 0 Å². The number of H-pyrrole nitrogens is 1. The Labute approximate surface area is 153 Å². The molecule has 1 aliphatic carbocycles. The Kier molecular flexibility index (Phi) is 4.19. The Balaban J connectivity index is 1.47. The monoisotopic (exact) mass is 348 g/mol. The first-order valence-corrected chi connectivity index (χ1v) is 9.07. The van der Waals surface area contributed by atoms with Crippen molar-refractivity contribution < 1.29 is 9.53 Å². The van der Waals surface area contributed by atoms with Gasteiger partial charge in [-0.15, -0.1) is 0 Å². The summed E-state index contributed by atoms with van der Waals surface area (Å²) >= 11 is 0. The zero-order valence-corrected chi connectivity index (χ0v) is 15.3. The summed E-state index contributed by atoms with van der Waals surface area (Å²) in [7, 11) is 1.69. The molecule has 0 aliphatic heterocycles. The second kappa shape index (κ2) is 6.52. The predicted octanol–water partition coefficient (Wildman–Crippen LogP) is 3.88. The average Bonchev–Trinajstić information content (AvgIpc) is 3.30. The van der Waals surface area contributed by atoms with E-state index in [9.17, 15) is 4.79 Å². The molecule has 0 unspecified atom stereocenters. The Morgan fingerprint density at radius 3 is 2.81 bits per heavy atom. The Hall–Kier alpha value is -2.75. The van der Waals surface area contributed by atoms with Gasteiger partial charge in [0.1, 0.15) is 5.75 Å². The zero-order valence-electron chi connectivity index (χ0n) is 15.3. The summed E-state index contributed by atoms with van der Waals surface area (Å²) in [5, 5.41) is 4.34. The normalized spacial score (nSPS) is 15.0. The van der Waals surface area contributed by atoms with E-state index < -0.39 is 0 Å². The van der Waals surface area contributed by atoms with Crippen LogP contribution in [0.5, 0.6) is 5.75 Å². The van der Waals surface area contributed by atoms with Gasteiger partial charge >= 0.3 is 0 Å². The number of hydrogen-bond acceptors (Lipinski definition) is 2. The van der Waals surface area contributed by atoms with Gasteiger partial charge in [0, 0.05) is 29.1 Å². The van der Waals surface area contributed by atoms with E-state index in [0.717, 1.165) is 29.7 Å². The van der Waals surface area contributed by atoms with E-state index in [4.69, 9.17) is 4.74 Å². The van der Waals surface area contributed by atoms with Crippen molar-refractivity contribution in [3.05, 3.63) is 65.4 Å². The van der Waals surface area contributed by atoms with Crippen LogP contribution >= 0.6 is 0 Å². The molecule has 4 rings (SSSR count). The van der Waals surface area contributed by atoms with Gasteiger partial charge in [-0.05, 0) is 49.1 Å². The molecule has 0 radical (unpaired) electrons. The van der Waals surface area contributed by atoms with Crippen molar-refractivity contribution in [3.63, 3.8) is 0 Å². The Morgan fingerprint density at radius 1 is 1.23 bits per heavy atom. The van der Waals surface area contributed by atoms with Crippen LogP contribution < -0.4 is 10.1 Å². The number of aryl methyl sites for hydroxylation is 1. The molecular weight excluding hydrogens is 324 g/mol. The number of fused-ring (bicyclic) bond motifs is 1. The highest BCUT2D eigenvalue weighted by Crippen LogP contribution is 2.50. The summed E-state index contributed by atoms with van der Waals surface area (Å²) in [6.07, 6.45) is 4.72. The van der Waals surface area contributed by atoms with Crippen LogP contribution in [0.25, 0.3) is 10.9 Å². The molecule has 3 aromatic rings. The summed E-state index contributed by atoms with van der Waals surface area (Å²) in [5.41, 5.74) is 4.68. The summed E-state index contributed by atoms with van der Waals surface area (Å²) in [4.78, 5) is 15.7. The van der Waals surface area contributed by atoms with Crippen LogP contribution in [0.1, 0.15) is 29.5 Å². The van der Waals surface area contributed by atoms with Crippen LogP contribution in [-0.2, 0) is 16.6 Å². The molecule has 1 heterocycles. The fourth-order valence-corrected chi connectivity index (χ4v) is 3.70. The lowest BCUT2D eigenvalue weighted by Crippen LogP contribution is -2.33. The minimum absolute atomic E-state index is 0.0485.